The van der Waals surface area contributed by atoms with Gasteiger partial charge in [-0.2, -0.15) is 0 Å². The van der Waals surface area contributed by atoms with Crippen molar-refractivity contribution in [3.05, 3.63) is 84.6 Å². The number of aromatic nitrogens is 4. The fourth-order valence-corrected chi connectivity index (χ4v) is 2.56. The molecule has 4 aromatic rings. The second-order valence-corrected chi connectivity index (χ2v) is 5.28. The zero-order valence-electron chi connectivity index (χ0n) is 12.7. The fourth-order valence-electron chi connectivity index (χ4n) is 2.56. The van der Waals surface area contributed by atoms with Gasteiger partial charge < -0.3 is 5.11 Å². The van der Waals surface area contributed by atoms with Gasteiger partial charge in [-0.25, -0.2) is 15.0 Å². The SMILES string of the molecule is O/C(=C/c1ncnc2c1ncn2-c1ccccc1)c1ccccc1. The van der Waals surface area contributed by atoms with Crippen LogP contribution < -0.4 is 0 Å². The molecule has 0 bridgehead atoms. The highest BCUT2D eigenvalue weighted by atomic mass is 16.3. The van der Waals surface area contributed by atoms with Crippen LogP contribution in [0.3, 0.4) is 0 Å². The molecule has 0 aliphatic carbocycles. The van der Waals surface area contributed by atoms with Gasteiger partial charge in [-0.15, -0.1) is 0 Å². The molecule has 2 heterocycles. The predicted octanol–water partition coefficient (Wildman–Crippen LogP) is 3.87. The maximum Gasteiger partial charge on any atom is 0.168 e. The number of nitrogens with zero attached hydrogens (tertiary/aromatic N) is 4. The summed E-state index contributed by atoms with van der Waals surface area (Å²) < 4.78 is 1.90. The summed E-state index contributed by atoms with van der Waals surface area (Å²) >= 11 is 0. The van der Waals surface area contributed by atoms with E-state index in [1.807, 2.05) is 65.2 Å². The molecule has 0 unspecified atom stereocenters. The van der Waals surface area contributed by atoms with Gasteiger partial charge in [0, 0.05) is 17.3 Å². The molecule has 0 amide bonds. The molecule has 116 valence electrons. The molecule has 0 atom stereocenters. The van der Waals surface area contributed by atoms with E-state index in [0.717, 1.165) is 11.3 Å². The Morgan fingerprint density at radius 2 is 1.58 bits per heavy atom. The van der Waals surface area contributed by atoms with E-state index in [2.05, 4.69) is 15.0 Å². The van der Waals surface area contributed by atoms with Gasteiger partial charge in [-0.1, -0.05) is 48.5 Å². The molecule has 5 nitrogen and oxygen atoms in total. The van der Waals surface area contributed by atoms with Crippen molar-refractivity contribution in [2.75, 3.05) is 0 Å². The zero-order valence-corrected chi connectivity index (χ0v) is 12.7. The van der Waals surface area contributed by atoms with E-state index in [1.165, 1.54) is 6.33 Å². The lowest BCUT2D eigenvalue weighted by Crippen LogP contribution is -1.95. The van der Waals surface area contributed by atoms with E-state index in [0.29, 0.717) is 16.9 Å². The van der Waals surface area contributed by atoms with Crippen LogP contribution in [0.1, 0.15) is 11.3 Å². The zero-order chi connectivity index (χ0) is 16.4. The Morgan fingerprint density at radius 3 is 2.33 bits per heavy atom. The summed E-state index contributed by atoms with van der Waals surface area (Å²) in [5.41, 5.74) is 3.62. The second-order valence-electron chi connectivity index (χ2n) is 5.28. The first kappa shape index (κ1) is 14.1. The number of hydrogen-bond donors (Lipinski definition) is 1. The van der Waals surface area contributed by atoms with Gasteiger partial charge in [0.15, 0.2) is 5.65 Å². The minimum absolute atomic E-state index is 0.143. The standard InChI is InChI=1S/C19H14N4O/c24-17(14-7-3-1-4-8-14)11-16-18-19(21-12-20-16)23(13-22-18)15-9-5-2-6-10-15/h1-13,24H/b17-11+. The summed E-state index contributed by atoms with van der Waals surface area (Å²) in [6.07, 6.45) is 4.81. The van der Waals surface area contributed by atoms with Gasteiger partial charge in [0.2, 0.25) is 0 Å². The number of aliphatic hydroxyl groups is 1. The quantitative estimate of drug-likeness (QED) is 0.583. The highest BCUT2D eigenvalue weighted by Gasteiger charge is 2.10. The molecule has 5 heteroatoms. The van der Waals surface area contributed by atoms with Crippen LogP contribution in [0.2, 0.25) is 0 Å². The van der Waals surface area contributed by atoms with Gasteiger partial charge in [-0.3, -0.25) is 4.57 Å². The van der Waals surface area contributed by atoms with Crippen molar-refractivity contribution < 1.29 is 5.11 Å². The largest absolute Gasteiger partial charge is 0.507 e. The van der Waals surface area contributed by atoms with Crippen molar-refractivity contribution in [2.24, 2.45) is 0 Å². The summed E-state index contributed by atoms with van der Waals surface area (Å²) in [6.45, 7) is 0. The van der Waals surface area contributed by atoms with Gasteiger partial charge >= 0.3 is 0 Å². The molecule has 24 heavy (non-hydrogen) atoms. The number of hydrogen-bond acceptors (Lipinski definition) is 4. The number of fused-ring (bicyclic) bond motifs is 1. The topological polar surface area (TPSA) is 63.8 Å². The van der Waals surface area contributed by atoms with Crippen LogP contribution in [0.15, 0.2) is 73.3 Å². The van der Waals surface area contributed by atoms with Crippen molar-refractivity contribution >= 4 is 23.0 Å². The first-order valence-electron chi connectivity index (χ1n) is 7.52. The number of imidazole rings is 1. The van der Waals surface area contributed by atoms with E-state index in [-0.39, 0.29) is 5.76 Å². The average Bonchev–Trinajstić information content (AvgIpc) is 3.08. The second kappa shape index (κ2) is 5.96. The Morgan fingerprint density at radius 1 is 0.875 bits per heavy atom. The van der Waals surface area contributed by atoms with Crippen molar-refractivity contribution in [2.45, 2.75) is 0 Å². The van der Waals surface area contributed by atoms with E-state index >= 15 is 0 Å². The molecule has 0 saturated heterocycles. The highest BCUT2D eigenvalue weighted by Crippen LogP contribution is 2.21. The van der Waals surface area contributed by atoms with Crippen molar-refractivity contribution in [1.29, 1.82) is 0 Å². The minimum atomic E-state index is 0.143. The molecule has 0 radical (unpaired) electrons. The van der Waals surface area contributed by atoms with Gasteiger partial charge in [-0.05, 0) is 12.1 Å². The maximum atomic E-state index is 10.3. The van der Waals surface area contributed by atoms with E-state index < -0.39 is 0 Å². The van der Waals surface area contributed by atoms with Gasteiger partial charge in [0.1, 0.15) is 23.9 Å². The number of rotatable bonds is 3. The van der Waals surface area contributed by atoms with Crippen LogP contribution >= 0.6 is 0 Å². The van der Waals surface area contributed by atoms with Crippen molar-refractivity contribution in [3.8, 4) is 5.69 Å². The third-order valence-electron chi connectivity index (χ3n) is 3.74. The molecule has 0 fully saturated rings. The van der Waals surface area contributed by atoms with Gasteiger partial charge in [0.25, 0.3) is 0 Å². The molecular formula is C19H14N4O. The van der Waals surface area contributed by atoms with E-state index in [4.69, 9.17) is 0 Å². The Hall–Kier alpha value is -3.47. The smallest absolute Gasteiger partial charge is 0.168 e. The molecule has 0 saturated carbocycles. The molecule has 2 aromatic carbocycles. The van der Waals surface area contributed by atoms with Crippen LogP contribution in [-0.2, 0) is 0 Å². The number of aliphatic hydroxyl groups excluding tert-OH is 1. The predicted molar refractivity (Wildman–Crippen MR) is 93.6 cm³/mol. The summed E-state index contributed by atoms with van der Waals surface area (Å²) in [4.78, 5) is 13.0. The first-order chi connectivity index (χ1) is 11.8. The minimum Gasteiger partial charge on any atom is -0.507 e. The van der Waals surface area contributed by atoms with Crippen LogP contribution in [0.5, 0.6) is 0 Å². The lowest BCUT2D eigenvalue weighted by molar-refractivity contribution is 0.515. The summed E-state index contributed by atoms with van der Waals surface area (Å²) in [5, 5.41) is 10.3. The molecule has 0 spiro atoms. The Bertz CT molecular complexity index is 1010. The normalized spacial score (nSPS) is 11.8. The molecule has 1 N–H and O–H groups in total. The fraction of sp³-hybridized carbons (Fsp3) is 0. The van der Waals surface area contributed by atoms with Crippen LogP contribution in [0.25, 0.3) is 28.7 Å². The molecule has 0 aliphatic heterocycles. The number of para-hydroxylation sites is 1. The maximum absolute atomic E-state index is 10.3. The molecule has 4 rings (SSSR count). The summed E-state index contributed by atoms with van der Waals surface area (Å²) in [7, 11) is 0. The van der Waals surface area contributed by atoms with Crippen molar-refractivity contribution in [1.82, 2.24) is 19.5 Å². The van der Waals surface area contributed by atoms with Crippen LogP contribution in [-0.4, -0.2) is 24.6 Å². The lowest BCUT2D eigenvalue weighted by Gasteiger charge is -2.03. The molecule has 2 aromatic heterocycles. The third kappa shape index (κ3) is 2.52. The Kier molecular flexibility index (Phi) is 3.51. The molecule has 0 aliphatic rings. The highest BCUT2D eigenvalue weighted by molar-refractivity contribution is 5.87. The Balaban J connectivity index is 1.82. The van der Waals surface area contributed by atoms with Gasteiger partial charge in [0.05, 0.1) is 5.69 Å². The third-order valence-corrected chi connectivity index (χ3v) is 3.74. The number of benzene rings is 2. The van der Waals surface area contributed by atoms with E-state index in [9.17, 15) is 5.11 Å². The average molecular weight is 314 g/mol. The summed E-state index contributed by atoms with van der Waals surface area (Å²) in [5.74, 6) is 0.143. The lowest BCUT2D eigenvalue weighted by atomic mass is 10.1. The molecular weight excluding hydrogens is 300 g/mol. The van der Waals surface area contributed by atoms with E-state index in [1.54, 1.807) is 12.4 Å². The Labute approximate surface area is 138 Å². The monoisotopic (exact) mass is 314 g/mol. The van der Waals surface area contributed by atoms with Crippen LogP contribution in [0, 0.1) is 0 Å². The van der Waals surface area contributed by atoms with Crippen LogP contribution in [0.4, 0.5) is 0 Å². The first-order valence-corrected chi connectivity index (χ1v) is 7.52. The van der Waals surface area contributed by atoms with Crippen molar-refractivity contribution in [3.63, 3.8) is 0 Å². The summed E-state index contributed by atoms with van der Waals surface area (Å²) in [6, 6.07) is 19.2.